The molecule has 0 amide bonds. The number of carbonyl (C=O) groups is 1. The number of hydrogen-bond donors (Lipinski definition) is 0. The SMILES string of the molecule is O=C(CCOCC(F)F)c1cccc2ccccc12. The number of ketones is 1. The molecule has 0 spiro atoms. The zero-order valence-corrected chi connectivity index (χ0v) is 10.3. The van der Waals surface area contributed by atoms with E-state index in [9.17, 15) is 13.6 Å². The molecule has 19 heavy (non-hydrogen) atoms. The lowest BCUT2D eigenvalue weighted by Gasteiger charge is -2.06. The van der Waals surface area contributed by atoms with Crippen molar-refractivity contribution in [1.29, 1.82) is 0 Å². The number of rotatable bonds is 6. The van der Waals surface area contributed by atoms with Crippen LogP contribution in [0.25, 0.3) is 10.8 Å². The summed E-state index contributed by atoms with van der Waals surface area (Å²) in [6.45, 7) is -0.602. The van der Waals surface area contributed by atoms with Gasteiger partial charge in [0, 0.05) is 12.0 Å². The second kappa shape index (κ2) is 6.38. The van der Waals surface area contributed by atoms with Gasteiger partial charge in [0.05, 0.1) is 6.61 Å². The summed E-state index contributed by atoms with van der Waals surface area (Å²) in [6.07, 6.45) is -2.38. The number of alkyl halides is 2. The minimum Gasteiger partial charge on any atom is -0.375 e. The summed E-state index contributed by atoms with van der Waals surface area (Å²) in [5.41, 5.74) is 0.610. The van der Waals surface area contributed by atoms with Crippen LogP contribution in [-0.2, 0) is 4.74 Å². The molecule has 0 heterocycles. The lowest BCUT2D eigenvalue weighted by molar-refractivity contribution is 0.0170. The van der Waals surface area contributed by atoms with Crippen LogP contribution in [0.2, 0.25) is 0 Å². The Hall–Kier alpha value is -1.81. The predicted octanol–water partition coefficient (Wildman–Crippen LogP) is 3.69. The number of carbonyl (C=O) groups excluding carboxylic acids is 1. The molecule has 2 aromatic rings. The molecule has 0 aromatic heterocycles. The summed E-state index contributed by atoms with van der Waals surface area (Å²) in [4.78, 5) is 12.0. The second-order valence-electron chi connectivity index (χ2n) is 4.17. The molecule has 0 atom stereocenters. The molecule has 2 rings (SSSR count). The first-order valence-corrected chi connectivity index (χ1v) is 6.05. The fourth-order valence-electron chi connectivity index (χ4n) is 1.94. The van der Waals surface area contributed by atoms with Crippen LogP contribution in [0.5, 0.6) is 0 Å². The molecule has 0 saturated heterocycles. The maximum atomic E-state index is 12.0. The van der Waals surface area contributed by atoms with Gasteiger partial charge in [-0.2, -0.15) is 0 Å². The standard InChI is InChI=1S/C15H14F2O2/c16-15(17)10-19-9-8-14(18)13-7-3-5-11-4-1-2-6-12(11)13/h1-7,15H,8-10H2. The van der Waals surface area contributed by atoms with Crippen molar-refractivity contribution in [2.45, 2.75) is 12.8 Å². The fourth-order valence-corrected chi connectivity index (χ4v) is 1.94. The smallest absolute Gasteiger partial charge is 0.261 e. The number of fused-ring (bicyclic) bond motifs is 1. The Morgan fingerprint density at radius 3 is 2.63 bits per heavy atom. The van der Waals surface area contributed by atoms with Crippen molar-refractivity contribution >= 4 is 16.6 Å². The Balaban J connectivity index is 2.05. The lowest BCUT2D eigenvalue weighted by atomic mass is 10.0. The number of benzene rings is 2. The van der Waals surface area contributed by atoms with Crippen molar-refractivity contribution in [3.05, 3.63) is 48.0 Å². The summed E-state index contributed by atoms with van der Waals surface area (Å²) in [6, 6.07) is 13.1. The summed E-state index contributed by atoms with van der Waals surface area (Å²) >= 11 is 0. The van der Waals surface area contributed by atoms with Crippen molar-refractivity contribution in [1.82, 2.24) is 0 Å². The third-order valence-electron chi connectivity index (χ3n) is 2.81. The van der Waals surface area contributed by atoms with Gasteiger partial charge >= 0.3 is 0 Å². The van der Waals surface area contributed by atoms with Gasteiger partial charge in [0.25, 0.3) is 6.43 Å². The Bertz CT molecular complexity index is 562. The van der Waals surface area contributed by atoms with Crippen molar-refractivity contribution < 1.29 is 18.3 Å². The molecule has 0 aliphatic heterocycles. The highest BCUT2D eigenvalue weighted by Crippen LogP contribution is 2.19. The highest BCUT2D eigenvalue weighted by Gasteiger charge is 2.10. The molecule has 0 radical (unpaired) electrons. The number of Topliss-reactive ketones (excluding diaryl/α,β-unsaturated/α-hetero) is 1. The third-order valence-corrected chi connectivity index (χ3v) is 2.81. The van der Waals surface area contributed by atoms with E-state index in [4.69, 9.17) is 4.74 Å². The van der Waals surface area contributed by atoms with Crippen LogP contribution in [0.3, 0.4) is 0 Å². The zero-order chi connectivity index (χ0) is 13.7. The van der Waals surface area contributed by atoms with Gasteiger partial charge in [-0.15, -0.1) is 0 Å². The monoisotopic (exact) mass is 264 g/mol. The first-order valence-electron chi connectivity index (χ1n) is 6.05. The molecule has 0 bridgehead atoms. The lowest BCUT2D eigenvalue weighted by Crippen LogP contribution is -2.09. The Kier molecular flexibility index (Phi) is 4.58. The molecular weight excluding hydrogens is 250 g/mol. The van der Waals surface area contributed by atoms with Crippen molar-refractivity contribution in [3.8, 4) is 0 Å². The maximum Gasteiger partial charge on any atom is 0.261 e. The number of ether oxygens (including phenoxy) is 1. The number of halogens is 2. The maximum absolute atomic E-state index is 12.0. The van der Waals surface area contributed by atoms with Gasteiger partial charge in [0.15, 0.2) is 5.78 Å². The molecule has 100 valence electrons. The molecule has 2 aromatic carbocycles. The van der Waals surface area contributed by atoms with E-state index in [0.29, 0.717) is 5.56 Å². The Morgan fingerprint density at radius 2 is 1.84 bits per heavy atom. The largest absolute Gasteiger partial charge is 0.375 e. The molecular formula is C15H14F2O2. The fraction of sp³-hybridized carbons (Fsp3) is 0.267. The molecule has 0 saturated carbocycles. The molecule has 0 N–H and O–H groups in total. The van der Waals surface area contributed by atoms with Crippen LogP contribution in [0.1, 0.15) is 16.8 Å². The molecule has 0 aliphatic rings. The summed E-state index contributed by atoms with van der Waals surface area (Å²) in [5.74, 6) is -0.0916. The first-order chi connectivity index (χ1) is 9.18. The minimum atomic E-state index is -2.49. The van der Waals surface area contributed by atoms with Crippen LogP contribution in [-0.4, -0.2) is 25.4 Å². The van der Waals surface area contributed by atoms with Gasteiger partial charge < -0.3 is 4.74 Å². The average molecular weight is 264 g/mol. The number of hydrogen-bond acceptors (Lipinski definition) is 2. The van der Waals surface area contributed by atoms with Crippen molar-refractivity contribution in [3.63, 3.8) is 0 Å². The van der Waals surface area contributed by atoms with Gasteiger partial charge in [0.2, 0.25) is 0 Å². The van der Waals surface area contributed by atoms with E-state index in [2.05, 4.69) is 0 Å². The van der Waals surface area contributed by atoms with E-state index in [1.54, 1.807) is 6.07 Å². The normalized spacial score (nSPS) is 11.1. The van der Waals surface area contributed by atoms with E-state index < -0.39 is 13.0 Å². The summed E-state index contributed by atoms with van der Waals surface area (Å²) in [7, 11) is 0. The van der Waals surface area contributed by atoms with Crippen molar-refractivity contribution in [2.24, 2.45) is 0 Å². The molecule has 0 aliphatic carbocycles. The van der Waals surface area contributed by atoms with Crippen LogP contribution < -0.4 is 0 Å². The highest BCUT2D eigenvalue weighted by molar-refractivity contribution is 6.08. The van der Waals surface area contributed by atoms with Gasteiger partial charge in [-0.1, -0.05) is 42.5 Å². The summed E-state index contributed by atoms with van der Waals surface area (Å²) in [5, 5.41) is 1.87. The van der Waals surface area contributed by atoms with E-state index in [0.717, 1.165) is 10.8 Å². The van der Waals surface area contributed by atoms with Crippen LogP contribution in [0.4, 0.5) is 8.78 Å². The van der Waals surface area contributed by atoms with Crippen LogP contribution in [0.15, 0.2) is 42.5 Å². The van der Waals surface area contributed by atoms with E-state index in [1.165, 1.54) is 0 Å². The van der Waals surface area contributed by atoms with Crippen LogP contribution >= 0.6 is 0 Å². The van der Waals surface area contributed by atoms with E-state index >= 15 is 0 Å². The Labute approximate surface area is 110 Å². The van der Waals surface area contributed by atoms with Gasteiger partial charge in [-0.3, -0.25) is 4.79 Å². The molecule has 0 unspecified atom stereocenters. The van der Waals surface area contributed by atoms with Gasteiger partial charge in [-0.25, -0.2) is 8.78 Å². The van der Waals surface area contributed by atoms with Crippen molar-refractivity contribution in [2.75, 3.05) is 13.2 Å². The summed E-state index contributed by atoms with van der Waals surface area (Å²) < 4.78 is 28.5. The molecule has 2 nitrogen and oxygen atoms in total. The van der Waals surface area contributed by atoms with Crippen LogP contribution in [0, 0.1) is 0 Å². The second-order valence-corrected chi connectivity index (χ2v) is 4.17. The topological polar surface area (TPSA) is 26.3 Å². The predicted molar refractivity (Wildman–Crippen MR) is 69.7 cm³/mol. The molecule has 0 fully saturated rings. The van der Waals surface area contributed by atoms with Gasteiger partial charge in [0.1, 0.15) is 6.61 Å². The van der Waals surface area contributed by atoms with Gasteiger partial charge in [-0.05, 0) is 10.8 Å². The zero-order valence-electron chi connectivity index (χ0n) is 10.3. The first kappa shape index (κ1) is 13.6. The Morgan fingerprint density at radius 1 is 1.11 bits per heavy atom. The quantitative estimate of drug-likeness (QED) is 0.587. The van der Waals surface area contributed by atoms with E-state index in [1.807, 2.05) is 36.4 Å². The molecule has 4 heteroatoms. The van der Waals surface area contributed by atoms with E-state index in [-0.39, 0.29) is 18.8 Å². The highest BCUT2D eigenvalue weighted by atomic mass is 19.3. The minimum absolute atomic E-state index is 0.0202. The average Bonchev–Trinajstić information content (AvgIpc) is 2.42. The third kappa shape index (κ3) is 3.58.